The van der Waals surface area contributed by atoms with Gasteiger partial charge in [-0.15, -0.1) is 0 Å². The van der Waals surface area contributed by atoms with Gasteiger partial charge in [0.1, 0.15) is 0 Å². The molecule has 7 heteroatoms. The summed E-state index contributed by atoms with van der Waals surface area (Å²) in [6.07, 6.45) is 0.757. The number of ether oxygens (including phenoxy) is 2. The number of carbonyl (C=O) groups excluding carboxylic acids is 2. The quantitative estimate of drug-likeness (QED) is 0.874. The number of hydrogen-bond acceptors (Lipinski definition) is 4. The van der Waals surface area contributed by atoms with Gasteiger partial charge in [-0.2, -0.15) is 0 Å². The van der Waals surface area contributed by atoms with E-state index in [1.165, 1.54) is 6.92 Å². The lowest BCUT2D eigenvalue weighted by atomic mass is 10.1. The summed E-state index contributed by atoms with van der Waals surface area (Å²) in [4.78, 5) is 23.5. The third-order valence-corrected chi connectivity index (χ3v) is 3.81. The molecule has 2 amide bonds. The third-order valence-electron chi connectivity index (χ3n) is 3.53. The first-order chi connectivity index (χ1) is 12.0. The average molecular weight is 361 g/mol. The fraction of sp³-hybridized carbons (Fsp3) is 0.222. The Morgan fingerprint density at radius 2 is 1.64 bits per heavy atom. The molecule has 0 aliphatic carbocycles. The zero-order valence-corrected chi connectivity index (χ0v) is 14.4. The predicted octanol–water partition coefficient (Wildman–Crippen LogP) is 3.71. The van der Waals surface area contributed by atoms with Crippen LogP contribution >= 0.6 is 11.6 Å². The summed E-state index contributed by atoms with van der Waals surface area (Å²) in [7, 11) is 0. The minimum absolute atomic E-state index is 0.154. The van der Waals surface area contributed by atoms with Crippen molar-refractivity contribution in [3.05, 3.63) is 47.0 Å². The number of hydrogen-bond donors (Lipinski definition) is 2. The smallest absolute Gasteiger partial charge is 0.255 e. The minimum Gasteiger partial charge on any atom is -0.489 e. The summed E-state index contributed by atoms with van der Waals surface area (Å²) in [5.74, 6) is 0.468. The van der Waals surface area contributed by atoms with Crippen LogP contribution < -0.4 is 20.1 Å². The van der Waals surface area contributed by atoms with Crippen LogP contribution in [0, 0.1) is 0 Å². The Kier molecular flexibility index (Phi) is 5.09. The second-order valence-electron chi connectivity index (χ2n) is 5.55. The van der Waals surface area contributed by atoms with Crippen molar-refractivity contribution >= 4 is 34.8 Å². The highest BCUT2D eigenvalue weighted by atomic mass is 35.5. The maximum absolute atomic E-state index is 12.5. The summed E-state index contributed by atoms with van der Waals surface area (Å²) < 4.78 is 11.1. The lowest BCUT2D eigenvalue weighted by Gasteiger charge is -2.12. The molecule has 0 unspecified atom stereocenters. The van der Waals surface area contributed by atoms with Crippen molar-refractivity contribution in [2.75, 3.05) is 23.8 Å². The Morgan fingerprint density at radius 3 is 2.32 bits per heavy atom. The number of rotatable bonds is 3. The van der Waals surface area contributed by atoms with Crippen molar-refractivity contribution in [2.45, 2.75) is 13.3 Å². The molecule has 0 spiro atoms. The van der Waals surface area contributed by atoms with Gasteiger partial charge in [-0.3, -0.25) is 9.59 Å². The molecule has 130 valence electrons. The summed E-state index contributed by atoms with van der Waals surface area (Å²) in [5, 5.41) is 5.79. The Balaban J connectivity index is 1.76. The normalized spacial score (nSPS) is 12.9. The molecule has 0 atom stereocenters. The predicted molar refractivity (Wildman–Crippen MR) is 95.8 cm³/mol. The first-order valence-electron chi connectivity index (χ1n) is 7.81. The van der Waals surface area contributed by atoms with E-state index >= 15 is 0 Å². The molecule has 2 aromatic rings. The maximum atomic E-state index is 12.5. The van der Waals surface area contributed by atoms with E-state index in [1.54, 1.807) is 36.4 Å². The molecule has 0 fully saturated rings. The number of carbonyl (C=O) groups is 2. The lowest BCUT2D eigenvalue weighted by molar-refractivity contribution is -0.114. The number of halogens is 1. The fourth-order valence-electron chi connectivity index (χ4n) is 2.41. The van der Waals surface area contributed by atoms with E-state index in [1.807, 2.05) is 0 Å². The summed E-state index contributed by atoms with van der Waals surface area (Å²) in [6, 6.07) is 9.99. The van der Waals surface area contributed by atoms with E-state index in [4.69, 9.17) is 21.1 Å². The van der Waals surface area contributed by atoms with Gasteiger partial charge in [0.05, 0.1) is 18.2 Å². The van der Waals surface area contributed by atoms with Gasteiger partial charge < -0.3 is 20.1 Å². The first-order valence-corrected chi connectivity index (χ1v) is 8.19. The maximum Gasteiger partial charge on any atom is 0.255 e. The Labute approximate surface area is 150 Å². The van der Waals surface area contributed by atoms with Gasteiger partial charge in [0.25, 0.3) is 5.91 Å². The van der Waals surface area contributed by atoms with E-state index in [9.17, 15) is 9.59 Å². The van der Waals surface area contributed by atoms with Crippen LogP contribution in [0.1, 0.15) is 23.7 Å². The Bertz CT molecular complexity index is 805. The second-order valence-corrected chi connectivity index (χ2v) is 5.96. The average Bonchev–Trinajstić information content (AvgIpc) is 2.82. The van der Waals surface area contributed by atoms with Gasteiger partial charge in [-0.05, 0) is 36.4 Å². The number of fused-ring (bicyclic) bond motifs is 1. The summed E-state index contributed by atoms with van der Waals surface area (Å²) >= 11 is 6.21. The van der Waals surface area contributed by atoms with E-state index in [2.05, 4.69) is 10.6 Å². The number of benzene rings is 2. The van der Waals surface area contributed by atoms with Crippen LogP contribution in [-0.4, -0.2) is 25.0 Å². The van der Waals surface area contributed by atoms with Gasteiger partial charge in [0.15, 0.2) is 11.5 Å². The van der Waals surface area contributed by atoms with Crippen LogP contribution in [0.2, 0.25) is 5.02 Å². The van der Waals surface area contributed by atoms with Gasteiger partial charge in [0.2, 0.25) is 5.91 Å². The van der Waals surface area contributed by atoms with Crippen molar-refractivity contribution in [1.82, 2.24) is 0 Å². The molecule has 3 rings (SSSR count). The third kappa shape index (κ3) is 4.22. The number of nitrogens with one attached hydrogen (secondary N) is 2. The van der Waals surface area contributed by atoms with E-state index in [-0.39, 0.29) is 11.8 Å². The van der Waals surface area contributed by atoms with Gasteiger partial charge in [0, 0.05) is 30.3 Å². The lowest BCUT2D eigenvalue weighted by Crippen LogP contribution is -2.12. The molecule has 6 nitrogen and oxygen atoms in total. The summed E-state index contributed by atoms with van der Waals surface area (Å²) in [5.41, 5.74) is 1.63. The van der Waals surface area contributed by atoms with Crippen LogP contribution in [0.25, 0.3) is 0 Å². The molecular formula is C18H17ClN2O4. The Hall–Kier alpha value is -2.73. The topological polar surface area (TPSA) is 76.7 Å². The second kappa shape index (κ2) is 7.44. The molecule has 0 aromatic heterocycles. The molecule has 1 aliphatic heterocycles. The summed E-state index contributed by atoms with van der Waals surface area (Å²) in [6.45, 7) is 2.47. The van der Waals surface area contributed by atoms with Crippen molar-refractivity contribution in [1.29, 1.82) is 0 Å². The van der Waals surface area contributed by atoms with Crippen molar-refractivity contribution in [3.8, 4) is 11.5 Å². The van der Waals surface area contributed by atoms with Crippen LogP contribution in [0.3, 0.4) is 0 Å². The molecule has 25 heavy (non-hydrogen) atoms. The molecule has 0 saturated carbocycles. The minimum atomic E-state index is -0.315. The number of amides is 2. The monoisotopic (exact) mass is 360 g/mol. The molecular weight excluding hydrogens is 344 g/mol. The van der Waals surface area contributed by atoms with Gasteiger partial charge >= 0.3 is 0 Å². The molecule has 0 saturated heterocycles. The standard InChI is InChI=1S/C18H17ClN2O4/c1-11(22)20-13-3-5-14(6-4-13)21-18(23)12-9-15(19)17-16(10-12)24-7-2-8-25-17/h3-6,9-10H,2,7-8H2,1H3,(H,20,22)(H,21,23). The Morgan fingerprint density at radius 1 is 1.00 bits per heavy atom. The van der Waals surface area contributed by atoms with Crippen molar-refractivity contribution < 1.29 is 19.1 Å². The molecule has 1 aliphatic rings. The fourth-order valence-corrected chi connectivity index (χ4v) is 2.67. The highest BCUT2D eigenvalue weighted by Crippen LogP contribution is 2.38. The van der Waals surface area contributed by atoms with Crippen LogP contribution in [-0.2, 0) is 4.79 Å². The molecule has 2 N–H and O–H groups in total. The first kappa shape index (κ1) is 17.1. The molecule has 2 aromatic carbocycles. The zero-order valence-electron chi connectivity index (χ0n) is 13.6. The van der Waals surface area contributed by atoms with Gasteiger partial charge in [-0.1, -0.05) is 11.6 Å². The van der Waals surface area contributed by atoms with Crippen molar-refractivity contribution in [2.24, 2.45) is 0 Å². The number of anilines is 2. The van der Waals surface area contributed by atoms with Crippen molar-refractivity contribution in [3.63, 3.8) is 0 Å². The van der Waals surface area contributed by atoms with Crippen LogP contribution in [0.4, 0.5) is 11.4 Å². The van der Waals surface area contributed by atoms with E-state index in [0.29, 0.717) is 46.7 Å². The van der Waals surface area contributed by atoms with Gasteiger partial charge in [-0.25, -0.2) is 0 Å². The van der Waals surface area contributed by atoms with Crippen LogP contribution in [0.15, 0.2) is 36.4 Å². The SMILES string of the molecule is CC(=O)Nc1ccc(NC(=O)c2cc(Cl)c3c(c2)OCCCO3)cc1. The van der Waals surface area contributed by atoms with E-state index in [0.717, 1.165) is 6.42 Å². The van der Waals surface area contributed by atoms with E-state index < -0.39 is 0 Å². The zero-order chi connectivity index (χ0) is 17.8. The van der Waals surface area contributed by atoms with Crippen LogP contribution in [0.5, 0.6) is 11.5 Å². The largest absolute Gasteiger partial charge is 0.489 e. The molecule has 0 bridgehead atoms. The highest BCUT2D eigenvalue weighted by Gasteiger charge is 2.18. The highest BCUT2D eigenvalue weighted by molar-refractivity contribution is 6.32. The molecule has 1 heterocycles. The molecule has 0 radical (unpaired) electrons.